The van der Waals surface area contributed by atoms with Crippen LogP contribution in [-0.4, -0.2) is 34.4 Å². The third kappa shape index (κ3) is 6.33. The third-order valence-corrected chi connectivity index (χ3v) is 3.78. The van der Waals surface area contributed by atoms with Crippen LogP contribution in [0.4, 0.5) is 13.2 Å². The van der Waals surface area contributed by atoms with Crippen LogP contribution < -0.4 is 10.1 Å². The zero-order valence-corrected chi connectivity index (χ0v) is 15.6. The molecule has 1 amide bonds. The van der Waals surface area contributed by atoms with Gasteiger partial charge in [0.15, 0.2) is 6.61 Å². The number of nitrogens with one attached hydrogen (secondary N) is 1. The number of hydrogen-bond acceptors (Lipinski definition) is 5. The van der Waals surface area contributed by atoms with Gasteiger partial charge in [0.1, 0.15) is 5.78 Å². The topological polar surface area (TPSA) is 81.2 Å². The monoisotopic (exact) mass is 395 g/mol. The van der Waals surface area contributed by atoms with Gasteiger partial charge in [-0.3, -0.25) is 14.6 Å². The van der Waals surface area contributed by atoms with E-state index in [4.69, 9.17) is 0 Å². The predicted octanol–water partition coefficient (Wildman–Crippen LogP) is 3.35. The lowest BCUT2D eigenvalue weighted by Crippen LogP contribution is -2.27. The van der Waals surface area contributed by atoms with Crippen LogP contribution in [0.2, 0.25) is 0 Å². The molecule has 0 radical (unpaired) electrons. The highest BCUT2D eigenvalue weighted by atomic mass is 19.4. The summed E-state index contributed by atoms with van der Waals surface area (Å²) in [6.07, 6.45) is -1.49. The number of aromatic nitrogens is 2. The summed E-state index contributed by atoms with van der Waals surface area (Å²) >= 11 is 0. The van der Waals surface area contributed by atoms with Gasteiger partial charge in [-0.1, -0.05) is 0 Å². The van der Waals surface area contributed by atoms with Crippen molar-refractivity contribution in [2.75, 3.05) is 6.61 Å². The van der Waals surface area contributed by atoms with Crippen LogP contribution in [0.1, 0.15) is 47.1 Å². The summed E-state index contributed by atoms with van der Waals surface area (Å²) in [7, 11) is 0. The molecular formula is C19H20F3N3O3. The van der Waals surface area contributed by atoms with Crippen molar-refractivity contribution < 1.29 is 27.5 Å². The van der Waals surface area contributed by atoms with E-state index in [1.165, 1.54) is 25.4 Å². The molecule has 1 unspecified atom stereocenters. The van der Waals surface area contributed by atoms with Gasteiger partial charge in [0.05, 0.1) is 6.04 Å². The highest BCUT2D eigenvalue weighted by molar-refractivity contribution is 5.94. The molecule has 0 aliphatic heterocycles. The van der Waals surface area contributed by atoms with Gasteiger partial charge in [-0.25, -0.2) is 4.98 Å². The molecule has 0 saturated carbocycles. The van der Waals surface area contributed by atoms with Crippen molar-refractivity contribution in [2.45, 2.75) is 39.4 Å². The number of carbonyl (C=O) groups is 2. The zero-order chi connectivity index (χ0) is 20.9. The molecule has 0 bridgehead atoms. The van der Waals surface area contributed by atoms with Gasteiger partial charge < -0.3 is 10.1 Å². The summed E-state index contributed by atoms with van der Waals surface area (Å²) in [5.41, 5.74) is 1.89. The van der Waals surface area contributed by atoms with Crippen molar-refractivity contribution in [3.05, 3.63) is 53.0 Å². The fraction of sp³-hybridized carbons (Fsp3) is 0.368. The molecule has 0 spiro atoms. The van der Waals surface area contributed by atoms with E-state index in [-0.39, 0.29) is 24.0 Å². The quantitative estimate of drug-likeness (QED) is 0.778. The largest absolute Gasteiger partial charge is 0.468 e. The van der Waals surface area contributed by atoms with E-state index in [0.29, 0.717) is 22.4 Å². The van der Waals surface area contributed by atoms with Crippen molar-refractivity contribution in [2.24, 2.45) is 0 Å². The molecule has 0 aliphatic carbocycles. The van der Waals surface area contributed by atoms with Crippen LogP contribution in [-0.2, 0) is 11.2 Å². The maximum absolute atomic E-state index is 12.4. The van der Waals surface area contributed by atoms with E-state index < -0.39 is 18.8 Å². The van der Waals surface area contributed by atoms with Crippen molar-refractivity contribution in [3.63, 3.8) is 0 Å². The lowest BCUT2D eigenvalue weighted by atomic mass is 10.1. The number of ether oxygens (including phenoxy) is 1. The van der Waals surface area contributed by atoms with Crippen LogP contribution in [0.5, 0.6) is 5.88 Å². The molecule has 6 nitrogen and oxygen atoms in total. The summed E-state index contributed by atoms with van der Waals surface area (Å²) in [5.74, 6) is -0.537. The minimum atomic E-state index is -4.44. The number of rotatable bonds is 7. The number of Topliss-reactive ketones (excluding diaryl/α,β-unsaturated/α-hetero) is 1. The number of halogens is 3. The third-order valence-electron chi connectivity index (χ3n) is 3.78. The molecule has 28 heavy (non-hydrogen) atoms. The van der Waals surface area contributed by atoms with Gasteiger partial charge >= 0.3 is 6.18 Å². The highest BCUT2D eigenvalue weighted by Gasteiger charge is 2.29. The van der Waals surface area contributed by atoms with E-state index in [9.17, 15) is 22.8 Å². The molecule has 0 saturated heterocycles. The Balaban J connectivity index is 2.06. The second-order valence-electron chi connectivity index (χ2n) is 6.40. The smallest absolute Gasteiger partial charge is 0.422 e. The molecule has 1 N–H and O–H groups in total. The molecule has 2 aromatic rings. The minimum Gasteiger partial charge on any atom is -0.468 e. The molecule has 2 aromatic heterocycles. The number of amides is 1. The molecule has 0 aromatic carbocycles. The Hall–Kier alpha value is -2.97. The maximum atomic E-state index is 12.4. The molecule has 150 valence electrons. The summed E-state index contributed by atoms with van der Waals surface area (Å²) in [6, 6.07) is 4.24. The van der Waals surface area contributed by atoms with E-state index >= 15 is 0 Å². The van der Waals surface area contributed by atoms with Crippen molar-refractivity contribution in [1.29, 1.82) is 0 Å². The Morgan fingerprint density at radius 1 is 1.25 bits per heavy atom. The first-order valence-electron chi connectivity index (χ1n) is 8.46. The zero-order valence-electron chi connectivity index (χ0n) is 15.6. The average Bonchev–Trinajstić information content (AvgIpc) is 2.59. The molecule has 1 atom stereocenters. The molecule has 0 fully saturated rings. The Morgan fingerprint density at radius 2 is 1.96 bits per heavy atom. The number of hydrogen-bond donors (Lipinski definition) is 1. The standard InChI is InChI=1S/C19H20F3N3O3/c1-11-6-15(9-24-18(11)28-10-19(20,21)22)13(3)25-17(27)14-4-5-23-16(8-14)7-12(2)26/h4-6,8-9,13H,7,10H2,1-3H3,(H,25,27). The van der Waals surface area contributed by atoms with E-state index in [0.717, 1.165) is 0 Å². The Kier molecular flexibility index (Phi) is 6.71. The maximum Gasteiger partial charge on any atom is 0.422 e. The first-order valence-corrected chi connectivity index (χ1v) is 8.46. The van der Waals surface area contributed by atoms with Gasteiger partial charge in [0, 0.05) is 35.6 Å². The van der Waals surface area contributed by atoms with Crippen LogP contribution in [0, 0.1) is 6.92 Å². The average molecular weight is 395 g/mol. The summed E-state index contributed by atoms with van der Waals surface area (Å²) in [5, 5.41) is 2.78. The number of alkyl halides is 3. The van der Waals surface area contributed by atoms with Gasteiger partial charge in [-0.2, -0.15) is 13.2 Å². The van der Waals surface area contributed by atoms with Crippen LogP contribution >= 0.6 is 0 Å². The summed E-state index contributed by atoms with van der Waals surface area (Å²) in [4.78, 5) is 31.6. The van der Waals surface area contributed by atoms with Gasteiger partial charge in [-0.05, 0) is 44.5 Å². The molecule has 2 rings (SSSR count). The first kappa shape index (κ1) is 21.3. The number of nitrogens with zero attached hydrogens (tertiary/aromatic N) is 2. The number of pyridine rings is 2. The van der Waals surface area contributed by atoms with Crippen molar-refractivity contribution in [1.82, 2.24) is 15.3 Å². The second-order valence-corrected chi connectivity index (χ2v) is 6.40. The van der Waals surface area contributed by atoms with Gasteiger partial charge in [-0.15, -0.1) is 0 Å². The lowest BCUT2D eigenvalue weighted by molar-refractivity contribution is -0.154. The molecular weight excluding hydrogens is 375 g/mol. The Bertz CT molecular complexity index is 869. The number of ketones is 1. The Morgan fingerprint density at radius 3 is 2.57 bits per heavy atom. The predicted molar refractivity (Wildman–Crippen MR) is 95.0 cm³/mol. The van der Waals surface area contributed by atoms with Crippen molar-refractivity contribution in [3.8, 4) is 5.88 Å². The number of aryl methyl sites for hydroxylation is 1. The summed E-state index contributed by atoms with van der Waals surface area (Å²) < 4.78 is 41.5. The van der Waals surface area contributed by atoms with Crippen molar-refractivity contribution >= 4 is 11.7 Å². The normalized spacial score (nSPS) is 12.4. The SMILES string of the molecule is CC(=O)Cc1cc(C(=O)NC(C)c2cnc(OCC(F)(F)F)c(C)c2)ccn1. The minimum absolute atomic E-state index is 0.0622. The van der Waals surface area contributed by atoms with Crippen LogP contribution in [0.3, 0.4) is 0 Å². The summed E-state index contributed by atoms with van der Waals surface area (Å²) in [6.45, 7) is 3.32. The molecule has 0 aliphatic rings. The lowest BCUT2D eigenvalue weighted by Gasteiger charge is -2.16. The number of carbonyl (C=O) groups excluding carboxylic acids is 2. The van der Waals surface area contributed by atoms with Gasteiger partial charge in [0.25, 0.3) is 5.91 Å². The highest BCUT2D eigenvalue weighted by Crippen LogP contribution is 2.22. The van der Waals surface area contributed by atoms with E-state index in [2.05, 4.69) is 20.0 Å². The fourth-order valence-corrected chi connectivity index (χ4v) is 2.46. The van der Waals surface area contributed by atoms with Gasteiger partial charge in [0.2, 0.25) is 5.88 Å². The molecule has 9 heteroatoms. The van der Waals surface area contributed by atoms with Crippen LogP contribution in [0.25, 0.3) is 0 Å². The molecule has 2 heterocycles. The first-order chi connectivity index (χ1) is 13.0. The fourth-order valence-electron chi connectivity index (χ4n) is 2.46. The van der Waals surface area contributed by atoms with Crippen LogP contribution in [0.15, 0.2) is 30.6 Å². The van der Waals surface area contributed by atoms with E-state index in [1.54, 1.807) is 26.0 Å². The van der Waals surface area contributed by atoms with E-state index in [1.807, 2.05) is 0 Å². The second kappa shape index (κ2) is 8.81. The Labute approximate surface area is 160 Å².